The maximum atomic E-state index is 11.9. The van der Waals surface area contributed by atoms with Gasteiger partial charge in [-0.15, -0.1) is 11.6 Å². The van der Waals surface area contributed by atoms with E-state index in [1.165, 1.54) is 11.8 Å². The van der Waals surface area contributed by atoms with E-state index in [1.54, 1.807) is 19.2 Å². The standard InChI is InChI=1S/C19H19Cl2N3O2S/c1-12(18(22)25)17-16(13-6-2-3-7-14(13)21)24(11-9-20)19(26-17)27-15-8-4-5-10-23-15/h2-8,10,12,19H,9,11H2,1H3,(H2,22,25). The van der Waals surface area contributed by atoms with E-state index in [1.807, 2.05) is 41.3 Å². The van der Waals surface area contributed by atoms with E-state index in [2.05, 4.69) is 4.98 Å². The number of hydrogen-bond donors (Lipinski definition) is 1. The Hall–Kier alpha value is -1.89. The summed E-state index contributed by atoms with van der Waals surface area (Å²) in [5.74, 6) is -0.198. The summed E-state index contributed by atoms with van der Waals surface area (Å²) in [5, 5.41) is 1.36. The van der Waals surface area contributed by atoms with E-state index in [-0.39, 0.29) is 0 Å². The average Bonchev–Trinajstić information content (AvgIpc) is 3.00. The molecule has 1 aliphatic rings. The van der Waals surface area contributed by atoms with Crippen LogP contribution in [0.15, 0.2) is 59.4 Å². The molecule has 2 unspecified atom stereocenters. The fourth-order valence-corrected chi connectivity index (χ4v) is 4.15. The first-order valence-electron chi connectivity index (χ1n) is 8.38. The molecule has 0 saturated carbocycles. The number of thioether (sulfide) groups is 1. The zero-order valence-electron chi connectivity index (χ0n) is 14.6. The second-order valence-corrected chi connectivity index (χ2v) is 7.75. The largest absolute Gasteiger partial charge is 0.462 e. The number of ether oxygens (including phenoxy) is 1. The third-order valence-electron chi connectivity index (χ3n) is 4.14. The number of amides is 1. The average molecular weight is 424 g/mol. The summed E-state index contributed by atoms with van der Waals surface area (Å²) >= 11 is 13.9. The lowest BCUT2D eigenvalue weighted by atomic mass is 10.0. The quantitative estimate of drug-likeness (QED) is 0.676. The summed E-state index contributed by atoms with van der Waals surface area (Å²) in [5.41, 5.74) is 6.64. The second kappa shape index (κ2) is 8.87. The van der Waals surface area contributed by atoms with E-state index in [9.17, 15) is 4.79 Å². The molecule has 0 spiro atoms. The third kappa shape index (κ3) is 4.34. The Balaban J connectivity index is 2.05. The van der Waals surface area contributed by atoms with Crippen LogP contribution in [0.3, 0.4) is 0 Å². The fraction of sp³-hybridized carbons (Fsp3) is 0.263. The van der Waals surface area contributed by atoms with E-state index < -0.39 is 17.4 Å². The molecular formula is C19H19Cl2N3O2S. The SMILES string of the molecule is CC(C(N)=O)C1=C(c2ccccc2Cl)N(CCCl)C(Sc2ccccn2)O1. The summed E-state index contributed by atoms with van der Waals surface area (Å²) in [6, 6.07) is 13.1. The smallest absolute Gasteiger partial charge is 0.227 e. The zero-order chi connectivity index (χ0) is 19.4. The van der Waals surface area contributed by atoms with Crippen LogP contribution in [0, 0.1) is 5.92 Å². The van der Waals surface area contributed by atoms with Gasteiger partial charge < -0.3 is 15.4 Å². The molecule has 1 aromatic carbocycles. The number of nitrogens with two attached hydrogens (primary N) is 1. The van der Waals surface area contributed by atoms with Crippen LogP contribution in [-0.2, 0) is 9.53 Å². The normalized spacial score (nSPS) is 17.7. The Morgan fingerprint density at radius 2 is 2.07 bits per heavy atom. The first-order valence-corrected chi connectivity index (χ1v) is 10.2. The number of halogens is 2. The molecule has 0 bridgehead atoms. The summed E-state index contributed by atoms with van der Waals surface area (Å²) in [6.45, 7) is 2.24. The first-order chi connectivity index (χ1) is 13.0. The van der Waals surface area contributed by atoms with Gasteiger partial charge >= 0.3 is 0 Å². The molecule has 2 aromatic rings. The third-order valence-corrected chi connectivity index (χ3v) is 5.67. The van der Waals surface area contributed by atoms with E-state index in [4.69, 9.17) is 33.7 Å². The molecule has 0 saturated heterocycles. The molecule has 8 heteroatoms. The maximum Gasteiger partial charge on any atom is 0.227 e. The van der Waals surface area contributed by atoms with Crippen molar-refractivity contribution in [3.05, 3.63) is 65.0 Å². The molecular weight excluding hydrogens is 405 g/mol. The van der Waals surface area contributed by atoms with E-state index in [0.29, 0.717) is 23.2 Å². The molecule has 1 aliphatic heterocycles. The highest BCUT2D eigenvalue weighted by molar-refractivity contribution is 7.99. The van der Waals surface area contributed by atoms with Crippen molar-refractivity contribution in [3.8, 4) is 0 Å². The van der Waals surface area contributed by atoms with Crippen molar-refractivity contribution in [1.29, 1.82) is 0 Å². The number of nitrogens with zero attached hydrogens (tertiary/aromatic N) is 2. The van der Waals surface area contributed by atoms with Crippen molar-refractivity contribution in [2.24, 2.45) is 11.7 Å². The minimum absolute atomic E-state index is 0.384. The van der Waals surface area contributed by atoms with Crippen molar-refractivity contribution < 1.29 is 9.53 Å². The van der Waals surface area contributed by atoms with Crippen molar-refractivity contribution in [1.82, 2.24) is 9.88 Å². The van der Waals surface area contributed by atoms with Gasteiger partial charge in [-0.05, 0) is 36.9 Å². The molecule has 142 valence electrons. The highest BCUT2D eigenvalue weighted by Crippen LogP contribution is 2.44. The molecule has 0 radical (unpaired) electrons. The fourth-order valence-electron chi connectivity index (χ4n) is 2.77. The number of pyridine rings is 1. The molecule has 27 heavy (non-hydrogen) atoms. The number of carbonyl (C=O) groups is 1. The molecule has 2 N–H and O–H groups in total. The Morgan fingerprint density at radius 3 is 2.70 bits per heavy atom. The zero-order valence-corrected chi connectivity index (χ0v) is 17.0. The Bertz CT molecular complexity index is 848. The van der Waals surface area contributed by atoms with Crippen molar-refractivity contribution in [2.75, 3.05) is 12.4 Å². The van der Waals surface area contributed by atoms with Gasteiger partial charge in [0.2, 0.25) is 11.5 Å². The molecule has 1 aromatic heterocycles. The minimum Gasteiger partial charge on any atom is -0.462 e. The van der Waals surface area contributed by atoms with Crippen LogP contribution < -0.4 is 5.73 Å². The summed E-state index contributed by atoms with van der Waals surface area (Å²) < 4.78 is 6.19. The molecule has 1 amide bonds. The van der Waals surface area contributed by atoms with Gasteiger partial charge in [0.1, 0.15) is 10.8 Å². The Labute approximate surface area is 172 Å². The monoisotopic (exact) mass is 423 g/mol. The molecule has 0 aliphatic carbocycles. The number of primary amides is 1. The molecule has 3 rings (SSSR count). The number of carbonyl (C=O) groups excluding carboxylic acids is 1. The first kappa shape index (κ1) is 19.9. The number of alkyl halides is 1. The van der Waals surface area contributed by atoms with Gasteiger partial charge in [-0.1, -0.05) is 35.9 Å². The van der Waals surface area contributed by atoms with Crippen LogP contribution in [0.2, 0.25) is 5.02 Å². The summed E-state index contributed by atoms with van der Waals surface area (Å²) in [7, 11) is 0. The molecule has 2 heterocycles. The van der Waals surface area contributed by atoms with Crippen LogP contribution in [0.5, 0.6) is 0 Å². The number of aromatic nitrogens is 1. The Morgan fingerprint density at radius 1 is 1.33 bits per heavy atom. The van der Waals surface area contributed by atoms with Crippen LogP contribution >= 0.6 is 35.0 Å². The van der Waals surface area contributed by atoms with Crippen LogP contribution in [0.4, 0.5) is 0 Å². The van der Waals surface area contributed by atoms with Gasteiger partial charge in [0.25, 0.3) is 0 Å². The highest BCUT2D eigenvalue weighted by Gasteiger charge is 2.39. The highest BCUT2D eigenvalue weighted by atomic mass is 35.5. The van der Waals surface area contributed by atoms with Gasteiger partial charge in [0.05, 0.1) is 16.6 Å². The lowest BCUT2D eigenvalue weighted by molar-refractivity contribution is -0.121. The maximum absolute atomic E-state index is 11.9. The minimum atomic E-state index is -0.608. The van der Waals surface area contributed by atoms with Crippen LogP contribution in [-0.4, -0.2) is 33.8 Å². The molecule has 2 atom stereocenters. The predicted molar refractivity (Wildman–Crippen MR) is 109 cm³/mol. The van der Waals surface area contributed by atoms with Gasteiger partial charge in [0.15, 0.2) is 0 Å². The van der Waals surface area contributed by atoms with Crippen LogP contribution in [0.25, 0.3) is 5.70 Å². The summed E-state index contributed by atoms with van der Waals surface area (Å²) in [4.78, 5) is 18.2. The number of rotatable bonds is 7. The number of benzene rings is 1. The van der Waals surface area contributed by atoms with Crippen molar-refractivity contribution in [2.45, 2.75) is 17.5 Å². The van der Waals surface area contributed by atoms with Crippen molar-refractivity contribution in [3.63, 3.8) is 0 Å². The Kier molecular flexibility index (Phi) is 6.52. The second-order valence-electron chi connectivity index (χ2n) is 5.91. The summed E-state index contributed by atoms with van der Waals surface area (Å²) in [6.07, 6.45) is 1.72. The molecule has 5 nitrogen and oxygen atoms in total. The van der Waals surface area contributed by atoms with E-state index in [0.717, 1.165) is 16.3 Å². The predicted octanol–water partition coefficient (Wildman–Crippen LogP) is 4.17. The van der Waals surface area contributed by atoms with Gasteiger partial charge in [-0.3, -0.25) is 4.79 Å². The lowest BCUT2D eigenvalue weighted by Gasteiger charge is -2.26. The van der Waals surface area contributed by atoms with Gasteiger partial charge in [-0.25, -0.2) is 4.98 Å². The lowest BCUT2D eigenvalue weighted by Crippen LogP contribution is -2.30. The van der Waals surface area contributed by atoms with Gasteiger partial charge in [0, 0.05) is 24.2 Å². The van der Waals surface area contributed by atoms with Gasteiger partial charge in [-0.2, -0.15) is 0 Å². The van der Waals surface area contributed by atoms with Crippen molar-refractivity contribution >= 4 is 46.6 Å². The van der Waals surface area contributed by atoms with E-state index >= 15 is 0 Å². The molecule has 0 fully saturated rings. The topological polar surface area (TPSA) is 68.5 Å². The van der Waals surface area contributed by atoms with Crippen LogP contribution in [0.1, 0.15) is 12.5 Å². The number of hydrogen-bond acceptors (Lipinski definition) is 5.